The van der Waals surface area contributed by atoms with Crippen LogP contribution in [0.1, 0.15) is 46.6 Å². The first-order valence-electron chi connectivity index (χ1n) is 9.81. The molecule has 3 aromatic rings. The summed E-state index contributed by atoms with van der Waals surface area (Å²) in [5.41, 5.74) is 17.1. The summed E-state index contributed by atoms with van der Waals surface area (Å²) in [6.45, 7) is 5.93. The number of amides is 1. The standard InChI is InChI=1S/C24H26N6O/c1-14(9-15(2)26)21-13-30(12-17-7-5-4-6-8-17)24(29-21)22-16(3)18(23(28)31)10-20(27)19(22)11-25/h4-11,13,25-26H,12,27H2,1-3H3,(H2,28,31)/b14-9+,25-11?,26-15?. The topological polar surface area (TPSA) is 135 Å². The molecule has 0 fully saturated rings. The summed E-state index contributed by atoms with van der Waals surface area (Å²) in [7, 11) is 0. The highest BCUT2D eigenvalue weighted by Gasteiger charge is 2.22. The molecule has 31 heavy (non-hydrogen) atoms. The molecule has 6 N–H and O–H groups in total. The highest BCUT2D eigenvalue weighted by atomic mass is 16.1. The molecule has 2 aromatic carbocycles. The molecule has 0 radical (unpaired) electrons. The predicted octanol–water partition coefficient (Wildman–Crippen LogP) is 4.03. The molecule has 0 aliphatic heterocycles. The van der Waals surface area contributed by atoms with Crippen molar-refractivity contribution in [3.8, 4) is 11.4 Å². The Balaban J connectivity index is 2.31. The molecule has 0 spiro atoms. The zero-order chi connectivity index (χ0) is 22.7. The maximum atomic E-state index is 12.0. The molecule has 0 aliphatic carbocycles. The summed E-state index contributed by atoms with van der Waals surface area (Å²) in [4.78, 5) is 16.8. The van der Waals surface area contributed by atoms with E-state index in [1.165, 1.54) is 12.3 Å². The van der Waals surface area contributed by atoms with Crippen molar-refractivity contribution in [1.29, 1.82) is 10.8 Å². The summed E-state index contributed by atoms with van der Waals surface area (Å²) in [6.07, 6.45) is 4.84. The minimum atomic E-state index is -0.584. The van der Waals surface area contributed by atoms with Gasteiger partial charge < -0.3 is 26.9 Å². The van der Waals surface area contributed by atoms with Crippen LogP contribution >= 0.6 is 0 Å². The van der Waals surface area contributed by atoms with Crippen LogP contribution in [0, 0.1) is 17.7 Å². The molecule has 158 valence electrons. The van der Waals surface area contributed by atoms with E-state index < -0.39 is 5.91 Å². The largest absolute Gasteiger partial charge is 0.398 e. The van der Waals surface area contributed by atoms with E-state index in [-0.39, 0.29) is 0 Å². The average molecular weight is 415 g/mol. The minimum absolute atomic E-state index is 0.294. The highest BCUT2D eigenvalue weighted by Crippen LogP contribution is 2.33. The van der Waals surface area contributed by atoms with Crippen LogP contribution in [0.15, 0.2) is 48.7 Å². The third-order valence-corrected chi connectivity index (χ3v) is 5.10. The van der Waals surface area contributed by atoms with Gasteiger partial charge in [-0.15, -0.1) is 0 Å². The molecule has 7 nitrogen and oxygen atoms in total. The third-order valence-electron chi connectivity index (χ3n) is 5.10. The van der Waals surface area contributed by atoms with E-state index in [0.29, 0.717) is 51.7 Å². The molecule has 0 atom stereocenters. The molecular weight excluding hydrogens is 388 g/mol. The molecule has 1 amide bonds. The number of nitrogens with one attached hydrogen (secondary N) is 2. The van der Waals surface area contributed by atoms with E-state index in [9.17, 15) is 4.79 Å². The van der Waals surface area contributed by atoms with Crippen molar-refractivity contribution >= 4 is 29.1 Å². The lowest BCUT2D eigenvalue weighted by atomic mass is 9.94. The van der Waals surface area contributed by atoms with Gasteiger partial charge in [0, 0.05) is 47.0 Å². The van der Waals surface area contributed by atoms with E-state index in [1.807, 2.05) is 48.0 Å². The average Bonchev–Trinajstić information content (AvgIpc) is 3.12. The molecule has 0 saturated carbocycles. The van der Waals surface area contributed by atoms with Crippen LogP contribution in [0.2, 0.25) is 0 Å². The second-order valence-electron chi connectivity index (χ2n) is 7.51. The van der Waals surface area contributed by atoms with Crippen LogP contribution in [-0.4, -0.2) is 27.4 Å². The number of primary amides is 1. The second-order valence-corrected chi connectivity index (χ2v) is 7.51. The van der Waals surface area contributed by atoms with Gasteiger partial charge >= 0.3 is 0 Å². The maximum absolute atomic E-state index is 12.0. The Morgan fingerprint density at radius 3 is 2.48 bits per heavy atom. The Labute approximate surface area is 181 Å². The molecule has 1 heterocycles. The predicted molar refractivity (Wildman–Crippen MR) is 126 cm³/mol. The number of carbonyl (C=O) groups is 1. The first-order chi connectivity index (χ1) is 14.7. The number of nitrogens with zero attached hydrogens (tertiary/aromatic N) is 2. The number of carbonyl (C=O) groups excluding carboxylic acids is 1. The minimum Gasteiger partial charge on any atom is -0.398 e. The lowest BCUT2D eigenvalue weighted by molar-refractivity contribution is 0.1000. The van der Waals surface area contributed by atoms with Gasteiger partial charge in [-0.05, 0) is 49.6 Å². The molecule has 3 rings (SSSR count). The Kier molecular flexibility index (Phi) is 6.15. The van der Waals surface area contributed by atoms with Crippen LogP contribution in [0.5, 0.6) is 0 Å². The van der Waals surface area contributed by atoms with Gasteiger partial charge in [0.2, 0.25) is 5.91 Å². The number of anilines is 1. The van der Waals surface area contributed by atoms with E-state index in [4.69, 9.17) is 27.3 Å². The van der Waals surface area contributed by atoms with Crippen molar-refractivity contribution in [2.45, 2.75) is 27.3 Å². The van der Waals surface area contributed by atoms with E-state index >= 15 is 0 Å². The maximum Gasteiger partial charge on any atom is 0.249 e. The van der Waals surface area contributed by atoms with E-state index in [1.54, 1.807) is 19.9 Å². The number of hydrogen-bond donors (Lipinski definition) is 4. The van der Waals surface area contributed by atoms with E-state index in [2.05, 4.69) is 0 Å². The number of nitrogen functional groups attached to an aromatic ring is 1. The highest BCUT2D eigenvalue weighted by molar-refractivity contribution is 6.03. The Morgan fingerprint density at radius 1 is 1.23 bits per heavy atom. The Morgan fingerprint density at radius 2 is 1.90 bits per heavy atom. The zero-order valence-corrected chi connectivity index (χ0v) is 17.9. The van der Waals surface area contributed by atoms with Gasteiger partial charge in [0.1, 0.15) is 5.82 Å². The fourth-order valence-electron chi connectivity index (χ4n) is 3.63. The number of allylic oxidation sites excluding steroid dienone is 2. The summed E-state index contributed by atoms with van der Waals surface area (Å²) in [6, 6.07) is 11.4. The molecule has 1 aromatic heterocycles. The first kappa shape index (κ1) is 21.7. The fourth-order valence-corrected chi connectivity index (χ4v) is 3.63. The SMILES string of the molecule is CC(=N)/C=C(\C)c1cn(Cc2ccccc2)c(-c2c(C)c(C(N)=O)cc(N)c2C=N)n1. The number of hydrogen-bond acceptors (Lipinski definition) is 5. The van der Waals surface area contributed by atoms with Crippen LogP contribution in [0.4, 0.5) is 5.69 Å². The monoisotopic (exact) mass is 414 g/mol. The summed E-state index contributed by atoms with van der Waals surface area (Å²) in [5, 5.41) is 15.7. The number of benzene rings is 2. The van der Waals surface area contributed by atoms with Crippen molar-refractivity contribution in [2.24, 2.45) is 5.73 Å². The van der Waals surface area contributed by atoms with Gasteiger partial charge in [-0.1, -0.05) is 30.3 Å². The summed E-state index contributed by atoms with van der Waals surface area (Å²) in [5.74, 6) is -0.00101. The molecular formula is C24H26N6O. The molecule has 7 heteroatoms. The van der Waals surface area contributed by atoms with Gasteiger partial charge in [0.05, 0.1) is 5.69 Å². The Hall–Kier alpha value is -4.00. The van der Waals surface area contributed by atoms with Gasteiger partial charge in [0.25, 0.3) is 0 Å². The molecule has 0 bridgehead atoms. The first-order valence-corrected chi connectivity index (χ1v) is 9.81. The lowest BCUT2D eigenvalue weighted by Gasteiger charge is -2.16. The van der Waals surface area contributed by atoms with Crippen molar-refractivity contribution < 1.29 is 4.79 Å². The van der Waals surface area contributed by atoms with Gasteiger partial charge in [0.15, 0.2) is 0 Å². The van der Waals surface area contributed by atoms with Crippen molar-refractivity contribution in [3.63, 3.8) is 0 Å². The Bertz CT molecular complexity index is 1200. The van der Waals surface area contributed by atoms with Crippen LogP contribution in [0.3, 0.4) is 0 Å². The molecule has 0 unspecified atom stereocenters. The number of rotatable bonds is 7. The summed E-state index contributed by atoms with van der Waals surface area (Å²) >= 11 is 0. The number of imidazole rings is 1. The molecule has 0 saturated heterocycles. The number of nitrogens with two attached hydrogens (primary N) is 2. The van der Waals surface area contributed by atoms with Crippen molar-refractivity contribution in [3.05, 3.63) is 76.6 Å². The number of aromatic nitrogens is 2. The van der Waals surface area contributed by atoms with Crippen LogP contribution in [0.25, 0.3) is 17.0 Å². The van der Waals surface area contributed by atoms with Crippen molar-refractivity contribution in [2.75, 3.05) is 5.73 Å². The van der Waals surface area contributed by atoms with Crippen LogP contribution in [-0.2, 0) is 6.54 Å². The second kappa shape index (κ2) is 8.79. The fraction of sp³-hybridized carbons (Fsp3) is 0.167. The van der Waals surface area contributed by atoms with Gasteiger partial charge in [-0.2, -0.15) is 0 Å². The van der Waals surface area contributed by atoms with Crippen molar-refractivity contribution in [1.82, 2.24) is 9.55 Å². The molecule has 0 aliphatic rings. The van der Waals surface area contributed by atoms with Crippen LogP contribution < -0.4 is 11.5 Å². The van der Waals surface area contributed by atoms with Gasteiger partial charge in [-0.3, -0.25) is 4.79 Å². The quantitative estimate of drug-likeness (QED) is 0.343. The smallest absolute Gasteiger partial charge is 0.249 e. The normalized spacial score (nSPS) is 11.4. The van der Waals surface area contributed by atoms with E-state index in [0.717, 1.165) is 11.1 Å². The third kappa shape index (κ3) is 4.45. The lowest BCUT2D eigenvalue weighted by Crippen LogP contribution is -2.16. The summed E-state index contributed by atoms with van der Waals surface area (Å²) < 4.78 is 1.97. The zero-order valence-electron chi connectivity index (χ0n) is 17.9. The van der Waals surface area contributed by atoms with Gasteiger partial charge in [-0.25, -0.2) is 4.98 Å².